The Morgan fingerprint density at radius 3 is 1.72 bits per heavy atom. The third-order valence-electron chi connectivity index (χ3n) is 8.19. The van der Waals surface area contributed by atoms with Crippen molar-refractivity contribution in [1.82, 2.24) is 34.9 Å². The molecule has 54 heavy (non-hydrogen) atoms. The van der Waals surface area contributed by atoms with Gasteiger partial charge in [0.05, 0.1) is 47.9 Å². The summed E-state index contributed by atoms with van der Waals surface area (Å²) in [5.41, 5.74) is 6.62. The number of nitrogens with zero attached hydrogens (tertiary/aromatic N) is 7. The van der Waals surface area contributed by atoms with Gasteiger partial charge in [0.15, 0.2) is 0 Å². The zero-order chi connectivity index (χ0) is 38.3. The van der Waals surface area contributed by atoms with Crippen molar-refractivity contribution in [3.8, 4) is 28.6 Å². The van der Waals surface area contributed by atoms with Gasteiger partial charge in [0.2, 0.25) is 0 Å². The van der Waals surface area contributed by atoms with Crippen LogP contribution in [-0.2, 0) is 24.2 Å². The van der Waals surface area contributed by atoms with E-state index in [0.29, 0.717) is 18.1 Å². The van der Waals surface area contributed by atoms with Crippen molar-refractivity contribution >= 4 is 12.1 Å². The molecule has 6 rings (SSSR count). The number of hydrogen-bond acceptors (Lipinski definition) is 9. The average molecular weight is 732 g/mol. The van der Waals surface area contributed by atoms with Gasteiger partial charge in [-0.15, -0.1) is 0 Å². The molecule has 2 heterocycles. The summed E-state index contributed by atoms with van der Waals surface area (Å²) in [7, 11) is 1.54. The lowest BCUT2D eigenvalue weighted by Crippen LogP contribution is -2.37. The van der Waals surface area contributed by atoms with E-state index in [1.54, 1.807) is 58.1 Å². The first-order valence-corrected chi connectivity index (χ1v) is 17.7. The topological polar surface area (TPSA) is 147 Å². The second-order valence-electron chi connectivity index (χ2n) is 12.4. The Labute approximate surface area is 314 Å². The van der Waals surface area contributed by atoms with Gasteiger partial charge in [0.1, 0.15) is 23.8 Å². The van der Waals surface area contributed by atoms with Crippen LogP contribution in [0.3, 0.4) is 0 Å². The Bertz CT molecular complexity index is 2070. The minimum atomic E-state index is -1.14. The van der Waals surface area contributed by atoms with Crippen molar-refractivity contribution in [2.24, 2.45) is 0 Å². The molecule has 0 bridgehead atoms. The molecule has 0 aliphatic carbocycles. The van der Waals surface area contributed by atoms with Crippen LogP contribution in [0.25, 0.3) is 11.4 Å². The molecule has 0 spiro atoms. The fourth-order valence-corrected chi connectivity index (χ4v) is 5.37. The van der Waals surface area contributed by atoms with E-state index in [2.05, 4.69) is 27.3 Å². The first-order chi connectivity index (χ1) is 26.2. The number of carbonyl (C=O) groups is 2. The highest BCUT2D eigenvalue weighted by molar-refractivity contribution is 5.78. The molecule has 0 aliphatic heterocycles. The van der Waals surface area contributed by atoms with Gasteiger partial charge in [-0.3, -0.25) is 9.69 Å². The number of rotatable bonds is 15. The largest absolute Gasteiger partial charge is 0.497 e. The number of aliphatic carboxylic acids is 1. The molecule has 0 saturated heterocycles. The van der Waals surface area contributed by atoms with E-state index in [1.165, 1.54) is 7.11 Å². The summed E-state index contributed by atoms with van der Waals surface area (Å²) >= 11 is 0. The van der Waals surface area contributed by atoms with Crippen molar-refractivity contribution in [1.29, 1.82) is 0 Å². The van der Waals surface area contributed by atoms with Gasteiger partial charge in [-0.2, -0.15) is 30.0 Å². The zero-order valence-electron chi connectivity index (χ0n) is 31.0. The summed E-state index contributed by atoms with van der Waals surface area (Å²) in [4.78, 5) is 28.5. The summed E-state index contributed by atoms with van der Waals surface area (Å²) < 4.78 is 16.3. The molecule has 0 unspecified atom stereocenters. The fraction of sp³-hybridized carbons (Fsp3) is 0.268. The van der Waals surface area contributed by atoms with Gasteiger partial charge in [0.25, 0.3) is 0 Å². The van der Waals surface area contributed by atoms with Crippen molar-refractivity contribution in [2.45, 2.75) is 53.0 Å². The van der Waals surface area contributed by atoms with E-state index >= 15 is 0 Å². The highest BCUT2D eigenvalue weighted by atomic mass is 16.6. The number of methoxy groups -OCH3 is 1. The van der Waals surface area contributed by atoms with Crippen LogP contribution < -0.4 is 14.2 Å². The lowest BCUT2D eigenvalue weighted by Gasteiger charge is -2.20. The monoisotopic (exact) mass is 731 g/mol. The van der Waals surface area contributed by atoms with Crippen molar-refractivity contribution < 1.29 is 28.9 Å². The van der Waals surface area contributed by atoms with Crippen molar-refractivity contribution in [3.05, 3.63) is 138 Å². The molecule has 280 valence electrons. The molecule has 4 aromatic carbocycles. The lowest BCUT2D eigenvalue weighted by molar-refractivity contribution is -0.138. The summed E-state index contributed by atoms with van der Waals surface area (Å²) in [5.74, 6) is 0.442. The zero-order valence-corrected chi connectivity index (χ0v) is 31.0. The maximum absolute atomic E-state index is 12.6. The van der Waals surface area contributed by atoms with Crippen LogP contribution >= 0.6 is 0 Å². The molecule has 0 fully saturated rings. The summed E-state index contributed by atoms with van der Waals surface area (Å²) in [6, 6.07) is 33.4. The van der Waals surface area contributed by atoms with Crippen molar-refractivity contribution in [2.75, 3.05) is 20.3 Å². The molecule has 13 nitrogen and oxygen atoms in total. The second kappa shape index (κ2) is 19.4. The van der Waals surface area contributed by atoms with E-state index in [0.717, 1.165) is 70.3 Å². The maximum atomic E-state index is 12.6. The molecule has 1 amide bonds. The van der Waals surface area contributed by atoms with Crippen LogP contribution in [0, 0.1) is 13.8 Å². The Morgan fingerprint density at radius 2 is 1.20 bits per heavy atom. The second-order valence-corrected chi connectivity index (χ2v) is 12.4. The lowest BCUT2D eigenvalue weighted by atomic mass is 10.2. The number of ether oxygens (including phenoxy) is 3. The molecule has 0 saturated carbocycles. The van der Waals surface area contributed by atoms with Gasteiger partial charge < -0.3 is 19.3 Å². The number of hydrogen-bond donors (Lipinski definition) is 1. The highest BCUT2D eigenvalue weighted by Crippen LogP contribution is 2.20. The average Bonchev–Trinajstić information content (AvgIpc) is 3.76. The molecule has 1 N–H and O–H groups in total. The minimum Gasteiger partial charge on any atom is -0.497 e. The Kier molecular flexibility index (Phi) is 13.9. The van der Waals surface area contributed by atoms with E-state index in [4.69, 9.17) is 14.2 Å². The third kappa shape index (κ3) is 11.2. The number of aryl methyl sites for hydroxylation is 4. The van der Waals surface area contributed by atoms with Gasteiger partial charge >= 0.3 is 12.1 Å². The van der Waals surface area contributed by atoms with Crippen LogP contribution in [0.4, 0.5) is 4.79 Å². The molecule has 0 aliphatic rings. The number of para-hydroxylation sites is 2. The van der Waals surface area contributed by atoms with Crippen LogP contribution in [-0.4, -0.2) is 72.3 Å². The van der Waals surface area contributed by atoms with E-state index < -0.39 is 18.6 Å². The molecular formula is C41H45N7O6. The smallest absolute Gasteiger partial charge is 0.416 e. The first-order valence-electron chi connectivity index (χ1n) is 17.7. The number of carboxylic acid groups (broad SMARTS) is 1. The van der Waals surface area contributed by atoms with Gasteiger partial charge in [-0.25, -0.2) is 4.79 Å². The molecule has 6 aromatic rings. The van der Waals surface area contributed by atoms with Crippen LogP contribution in [0.2, 0.25) is 0 Å². The summed E-state index contributed by atoms with van der Waals surface area (Å²) in [5, 5.41) is 27.2. The standard InChI is InChI=1S/C29H30N4O6.C12H15N3/c1-21-27(31-33(30-21)23-7-4-3-5-8-23)9-6-18-38-25-12-10-22(11-13-25)19-32(20-28(34)35)29(36)39-26-16-14-24(37-2)15-17-26;1-3-7-12-10(2)13-15(14-12)11-8-5-4-6-9-11/h3-5,7-8,10-17H,6,9,18-20H2,1-2H3,(H,34,35);4-6,8-9H,3,7H2,1-2H3. The Balaban J connectivity index is 0.000000310. The molecule has 0 radical (unpaired) electrons. The van der Waals surface area contributed by atoms with Crippen LogP contribution in [0.1, 0.15) is 48.1 Å². The van der Waals surface area contributed by atoms with Gasteiger partial charge in [0, 0.05) is 6.54 Å². The summed E-state index contributed by atoms with van der Waals surface area (Å²) in [6.45, 7) is 6.18. The predicted octanol–water partition coefficient (Wildman–Crippen LogP) is 7.21. The Hall–Kier alpha value is -6.50. The highest BCUT2D eigenvalue weighted by Gasteiger charge is 2.20. The number of amides is 1. The number of carboxylic acids is 1. The predicted molar refractivity (Wildman–Crippen MR) is 204 cm³/mol. The summed E-state index contributed by atoms with van der Waals surface area (Å²) in [6.07, 6.45) is 2.84. The van der Waals surface area contributed by atoms with E-state index in [9.17, 15) is 14.7 Å². The molecule has 2 aromatic heterocycles. The number of benzene rings is 4. The molecular weight excluding hydrogens is 686 g/mol. The number of aromatic nitrogens is 6. The van der Waals surface area contributed by atoms with Gasteiger partial charge in [-0.05, 0) is 99.3 Å². The van der Waals surface area contributed by atoms with Gasteiger partial charge in [-0.1, -0.05) is 61.9 Å². The SMILES string of the molecule is CCCc1nn(-c2ccccc2)nc1C.COc1ccc(OC(=O)N(CC(=O)O)Cc2ccc(OCCCc3nn(-c4ccccc4)nc3C)cc2)cc1. The molecule has 0 atom stereocenters. The van der Waals surface area contributed by atoms with E-state index in [1.807, 2.05) is 74.5 Å². The normalized spacial score (nSPS) is 10.6. The molecule has 13 heteroatoms. The maximum Gasteiger partial charge on any atom is 0.416 e. The third-order valence-corrected chi connectivity index (χ3v) is 8.19. The van der Waals surface area contributed by atoms with Crippen LogP contribution in [0.15, 0.2) is 109 Å². The van der Waals surface area contributed by atoms with Crippen molar-refractivity contribution in [3.63, 3.8) is 0 Å². The Morgan fingerprint density at radius 1 is 0.685 bits per heavy atom. The van der Waals surface area contributed by atoms with E-state index in [-0.39, 0.29) is 12.3 Å². The van der Waals surface area contributed by atoms with Crippen LogP contribution in [0.5, 0.6) is 17.2 Å². The number of carbonyl (C=O) groups excluding carboxylic acids is 1. The quantitative estimate of drug-likeness (QED) is 0.108. The minimum absolute atomic E-state index is 0.0674. The fourth-order valence-electron chi connectivity index (χ4n) is 5.37. The first kappa shape index (κ1) is 38.7.